The summed E-state index contributed by atoms with van der Waals surface area (Å²) in [5.41, 5.74) is 0.775. The highest BCUT2D eigenvalue weighted by atomic mass is 35.5. The fraction of sp³-hybridized carbons (Fsp3) is 0.500. The van der Waals surface area contributed by atoms with E-state index in [9.17, 15) is 4.79 Å². The van der Waals surface area contributed by atoms with E-state index >= 15 is 0 Å². The smallest absolute Gasteiger partial charge is 0.308 e. The van der Waals surface area contributed by atoms with Gasteiger partial charge in [-0.05, 0) is 26.0 Å². The molecule has 0 bridgehead atoms. The molecule has 0 radical (unpaired) electrons. The first-order valence-corrected chi connectivity index (χ1v) is 5.91. The van der Waals surface area contributed by atoms with Gasteiger partial charge in [0.15, 0.2) is 5.15 Å². The maximum Gasteiger partial charge on any atom is 0.308 e. The number of nitrogens with zero attached hydrogens (tertiary/aromatic N) is 2. The summed E-state index contributed by atoms with van der Waals surface area (Å²) in [5, 5.41) is 9.36. The Bertz CT molecular complexity index is 396. The van der Waals surface area contributed by atoms with E-state index in [1.54, 1.807) is 19.2 Å². The molecule has 17 heavy (non-hydrogen) atoms. The molecule has 1 aromatic heterocycles. The lowest BCUT2D eigenvalue weighted by Crippen LogP contribution is -2.37. The molecule has 1 aromatic rings. The van der Waals surface area contributed by atoms with Crippen LogP contribution < -0.4 is 4.90 Å². The van der Waals surface area contributed by atoms with Crippen LogP contribution in [0, 0.1) is 5.92 Å². The molecule has 1 unspecified atom stereocenters. The van der Waals surface area contributed by atoms with E-state index in [2.05, 4.69) is 4.98 Å². The topological polar surface area (TPSA) is 53.4 Å². The number of anilines is 1. The summed E-state index contributed by atoms with van der Waals surface area (Å²) < 4.78 is 0. The molecular formula is C12H17ClN2O2. The van der Waals surface area contributed by atoms with Gasteiger partial charge in [0.25, 0.3) is 0 Å². The van der Waals surface area contributed by atoms with Crippen molar-refractivity contribution in [3.8, 4) is 0 Å². The number of carboxylic acids is 1. The first-order chi connectivity index (χ1) is 7.93. The SMILES string of the molecule is CC(CN(c1cccnc1Cl)C(C)C)C(=O)O. The third kappa shape index (κ3) is 3.60. The van der Waals surface area contributed by atoms with Gasteiger partial charge in [-0.1, -0.05) is 18.5 Å². The van der Waals surface area contributed by atoms with Crippen LogP contribution in [-0.2, 0) is 4.79 Å². The van der Waals surface area contributed by atoms with Gasteiger partial charge in [0.2, 0.25) is 0 Å². The molecule has 1 heterocycles. The largest absolute Gasteiger partial charge is 0.481 e. The van der Waals surface area contributed by atoms with Gasteiger partial charge in [0.1, 0.15) is 0 Å². The third-order valence-electron chi connectivity index (χ3n) is 2.56. The van der Waals surface area contributed by atoms with Crippen LogP contribution in [0.2, 0.25) is 5.15 Å². The number of carboxylic acid groups (broad SMARTS) is 1. The molecule has 0 saturated heterocycles. The predicted molar refractivity (Wildman–Crippen MR) is 68.5 cm³/mol. The molecule has 1 atom stereocenters. The Morgan fingerprint density at radius 2 is 2.18 bits per heavy atom. The van der Waals surface area contributed by atoms with E-state index in [-0.39, 0.29) is 6.04 Å². The second-order valence-electron chi connectivity index (χ2n) is 4.30. The monoisotopic (exact) mass is 256 g/mol. The molecule has 0 aliphatic heterocycles. The highest BCUT2D eigenvalue weighted by Crippen LogP contribution is 2.25. The minimum Gasteiger partial charge on any atom is -0.481 e. The lowest BCUT2D eigenvalue weighted by atomic mass is 10.1. The van der Waals surface area contributed by atoms with E-state index in [4.69, 9.17) is 16.7 Å². The Labute approximate surface area is 106 Å². The van der Waals surface area contributed by atoms with Gasteiger partial charge < -0.3 is 10.0 Å². The van der Waals surface area contributed by atoms with Crippen molar-refractivity contribution in [2.45, 2.75) is 26.8 Å². The number of carbonyl (C=O) groups is 1. The normalized spacial score (nSPS) is 12.5. The fourth-order valence-corrected chi connectivity index (χ4v) is 1.78. The average Bonchev–Trinajstić information content (AvgIpc) is 2.26. The number of rotatable bonds is 5. The van der Waals surface area contributed by atoms with E-state index in [0.29, 0.717) is 11.7 Å². The highest BCUT2D eigenvalue weighted by Gasteiger charge is 2.20. The summed E-state index contributed by atoms with van der Waals surface area (Å²) in [4.78, 5) is 16.9. The molecule has 0 amide bonds. The molecule has 0 aromatic carbocycles. The summed E-state index contributed by atoms with van der Waals surface area (Å²) in [7, 11) is 0. The van der Waals surface area contributed by atoms with Crippen LogP contribution in [0.4, 0.5) is 5.69 Å². The summed E-state index contributed by atoms with van der Waals surface area (Å²) in [5.74, 6) is -1.26. The summed E-state index contributed by atoms with van der Waals surface area (Å²) in [6.45, 7) is 6.09. The molecule has 4 nitrogen and oxygen atoms in total. The molecule has 5 heteroatoms. The number of pyridine rings is 1. The Balaban J connectivity index is 2.94. The molecule has 0 aliphatic carbocycles. The number of hydrogen-bond donors (Lipinski definition) is 1. The van der Waals surface area contributed by atoms with E-state index < -0.39 is 11.9 Å². The van der Waals surface area contributed by atoms with Crippen molar-refractivity contribution < 1.29 is 9.90 Å². The summed E-state index contributed by atoms with van der Waals surface area (Å²) in [6.07, 6.45) is 1.62. The van der Waals surface area contributed by atoms with Gasteiger partial charge in [0.05, 0.1) is 11.6 Å². The second kappa shape index (κ2) is 5.87. The second-order valence-corrected chi connectivity index (χ2v) is 4.66. The Kier molecular flexibility index (Phi) is 4.75. The Morgan fingerprint density at radius 1 is 1.53 bits per heavy atom. The lowest BCUT2D eigenvalue weighted by Gasteiger charge is -2.30. The van der Waals surface area contributed by atoms with Crippen LogP contribution >= 0.6 is 11.6 Å². The Hall–Kier alpha value is -1.29. The fourth-order valence-electron chi connectivity index (χ4n) is 1.55. The van der Waals surface area contributed by atoms with Gasteiger partial charge in [-0.15, -0.1) is 0 Å². The predicted octanol–water partition coefficient (Wildman–Crippen LogP) is 2.67. The zero-order chi connectivity index (χ0) is 13.0. The number of hydrogen-bond acceptors (Lipinski definition) is 3. The molecular weight excluding hydrogens is 240 g/mol. The third-order valence-corrected chi connectivity index (χ3v) is 2.86. The van der Waals surface area contributed by atoms with Gasteiger partial charge >= 0.3 is 5.97 Å². The maximum atomic E-state index is 10.9. The zero-order valence-electron chi connectivity index (χ0n) is 10.2. The van der Waals surface area contributed by atoms with E-state index in [1.807, 2.05) is 24.8 Å². The molecule has 0 aliphatic rings. The van der Waals surface area contributed by atoms with Crippen molar-refractivity contribution in [1.82, 2.24) is 4.98 Å². The molecule has 0 saturated carbocycles. The minimum atomic E-state index is -0.810. The van der Waals surface area contributed by atoms with E-state index in [0.717, 1.165) is 5.69 Å². The van der Waals surface area contributed by atoms with Gasteiger partial charge in [-0.25, -0.2) is 4.98 Å². The van der Waals surface area contributed by atoms with Crippen molar-refractivity contribution >= 4 is 23.3 Å². The number of aromatic nitrogens is 1. The summed E-state index contributed by atoms with van der Waals surface area (Å²) >= 11 is 6.03. The molecule has 1 rings (SSSR count). The maximum absolute atomic E-state index is 10.9. The molecule has 0 spiro atoms. The van der Waals surface area contributed by atoms with E-state index in [1.165, 1.54) is 0 Å². The average molecular weight is 257 g/mol. The van der Waals surface area contributed by atoms with Crippen LogP contribution in [0.15, 0.2) is 18.3 Å². The van der Waals surface area contributed by atoms with Crippen molar-refractivity contribution in [3.63, 3.8) is 0 Å². The van der Waals surface area contributed by atoms with Crippen molar-refractivity contribution in [1.29, 1.82) is 0 Å². The van der Waals surface area contributed by atoms with Crippen molar-refractivity contribution in [3.05, 3.63) is 23.5 Å². The summed E-state index contributed by atoms with van der Waals surface area (Å²) in [6, 6.07) is 3.81. The van der Waals surface area contributed by atoms with Gasteiger partial charge in [-0.2, -0.15) is 0 Å². The molecule has 94 valence electrons. The van der Waals surface area contributed by atoms with Crippen molar-refractivity contribution in [2.75, 3.05) is 11.4 Å². The van der Waals surface area contributed by atoms with Gasteiger partial charge in [-0.3, -0.25) is 4.79 Å². The highest BCUT2D eigenvalue weighted by molar-refractivity contribution is 6.32. The standard InChI is InChI=1S/C12H17ClN2O2/c1-8(2)15(7-9(3)12(16)17)10-5-4-6-14-11(10)13/h4-6,8-9H,7H2,1-3H3,(H,16,17). The van der Waals surface area contributed by atoms with Crippen LogP contribution in [0.1, 0.15) is 20.8 Å². The van der Waals surface area contributed by atoms with Crippen molar-refractivity contribution in [2.24, 2.45) is 5.92 Å². The zero-order valence-corrected chi connectivity index (χ0v) is 11.0. The number of halogens is 1. The molecule has 0 fully saturated rings. The van der Waals surface area contributed by atoms with Crippen LogP contribution in [0.3, 0.4) is 0 Å². The van der Waals surface area contributed by atoms with Gasteiger partial charge in [0, 0.05) is 18.8 Å². The lowest BCUT2D eigenvalue weighted by molar-refractivity contribution is -0.140. The molecule has 1 N–H and O–H groups in total. The van der Waals surface area contributed by atoms with Crippen LogP contribution in [-0.4, -0.2) is 28.6 Å². The van der Waals surface area contributed by atoms with Crippen LogP contribution in [0.5, 0.6) is 0 Å². The number of aliphatic carboxylic acids is 1. The Morgan fingerprint density at radius 3 is 2.65 bits per heavy atom. The minimum absolute atomic E-state index is 0.165. The first kappa shape index (κ1) is 13.8. The quantitative estimate of drug-likeness (QED) is 0.823. The first-order valence-electron chi connectivity index (χ1n) is 5.53. The van der Waals surface area contributed by atoms with Crippen LogP contribution in [0.25, 0.3) is 0 Å².